The third-order valence-electron chi connectivity index (χ3n) is 2.53. The van der Waals surface area contributed by atoms with Crippen LogP contribution >= 0.6 is 0 Å². The molecule has 0 atom stereocenters. The van der Waals surface area contributed by atoms with Crippen LogP contribution in [0.1, 0.15) is 0 Å². The molecule has 3 rings (SSSR count). The summed E-state index contributed by atoms with van der Waals surface area (Å²) in [5, 5.41) is 13.5. The Morgan fingerprint density at radius 1 is 1.25 bits per heavy atom. The smallest absolute Gasteiger partial charge is 0.218 e. The van der Waals surface area contributed by atoms with Gasteiger partial charge in [-0.1, -0.05) is 0 Å². The summed E-state index contributed by atoms with van der Waals surface area (Å²) in [6, 6.07) is 3.45. The van der Waals surface area contributed by atoms with E-state index in [4.69, 9.17) is 15.0 Å². The van der Waals surface area contributed by atoms with Gasteiger partial charge in [-0.25, -0.2) is 5.53 Å². The molecule has 82 valence electrons. The van der Waals surface area contributed by atoms with E-state index in [1.807, 2.05) is 0 Å². The molecular formula is C10H9N3O3. The number of H-pyrrole nitrogens is 1. The first-order chi connectivity index (χ1) is 7.79. The molecule has 0 spiro atoms. The minimum absolute atomic E-state index is 0.118. The van der Waals surface area contributed by atoms with Gasteiger partial charge in [0.25, 0.3) is 0 Å². The number of aromatic nitrogens is 1. The Morgan fingerprint density at radius 3 is 2.62 bits per heavy atom. The Balaban J connectivity index is 2.31. The summed E-state index contributed by atoms with van der Waals surface area (Å²) in [6.45, 7) is 1.02. The van der Waals surface area contributed by atoms with Crippen LogP contribution in [0, 0.1) is 5.53 Å². The van der Waals surface area contributed by atoms with Gasteiger partial charge < -0.3 is 19.6 Å². The first-order valence-electron chi connectivity index (χ1n) is 4.81. The molecule has 2 heterocycles. The largest absolute Gasteiger partial charge is 0.493 e. The van der Waals surface area contributed by atoms with Gasteiger partial charge in [0.1, 0.15) is 13.2 Å². The molecule has 1 aliphatic heterocycles. The summed E-state index contributed by atoms with van der Waals surface area (Å²) in [5.74, 6) is 1.13. The molecule has 16 heavy (non-hydrogen) atoms. The number of hydrogen-bond acceptors (Lipinski definition) is 5. The van der Waals surface area contributed by atoms with E-state index in [1.165, 1.54) is 0 Å². The van der Waals surface area contributed by atoms with Crippen molar-refractivity contribution in [3.63, 3.8) is 0 Å². The van der Waals surface area contributed by atoms with Crippen LogP contribution in [0.15, 0.2) is 17.2 Å². The zero-order chi connectivity index (χ0) is 11.1. The average molecular weight is 219 g/mol. The van der Waals surface area contributed by atoms with Crippen molar-refractivity contribution >= 4 is 16.6 Å². The van der Waals surface area contributed by atoms with Crippen molar-refractivity contribution < 1.29 is 14.6 Å². The monoisotopic (exact) mass is 219 g/mol. The predicted molar refractivity (Wildman–Crippen MR) is 55.8 cm³/mol. The Morgan fingerprint density at radius 2 is 1.94 bits per heavy atom. The van der Waals surface area contributed by atoms with Gasteiger partial charge in [0.15, 0.2) is 17.2 Å². The zero-order valence-electron chi connectivity index (χ0n) is 8.28. The van der Waals surface area contributed by atoms with E-state index in [0.717, 1.165) is 0 Å². The standard InChI is InChI=1S/C10H9N3O3/c11-13-9-5-3-7-8(16-2-1-15-7)4-6(5)12-10(9)14/h3-4,11-12,14H,1-2H2. The lowest BCUT2D eigenvalue weighted by Gasteiger charge is -2.17. The fourth-order valence-electron chi connectivity index (χ4n) is 1.82. The molecule has 6 heteroatoms. The Bertz CT molecular complexity index is 576. The van der Waals surface area contributed by atoms with Crippen molar-refractivity contribution in [3.05, 3.63) is 12.1 Å². The highest BCUT2D eigenvalue weighted by atomic mass is 16.6. The van der Waals surface area contributed by atoms with E-state index < -0.39 is 0 Å². The van der Waals surface area contributed by atoms with Crippen molar-refractivity contribution in [2.24, 2.45) is 5.11 Å². The average Bonchev–Trinajstić information content (AvgIpc) is 2.60. The van der Waals surface area contributed by atoms with E-state index in [2.05, 4.69) is 10.1 Å². The predicted octanol–water partition coefficient (Wildman–Crippen LogP) is 2.31. The number of benzene rings is 1. The fourth-order valence-corrected chi connectivity index (χ4v) is 1.82. The summed E-state index contributed by atoms with van der Waals surface area (Å²) in [6.07, 6.45) is 0. The zero-order valence-corrected chi connectivity index (χ0v) is 8.28. The van der Waals surface area contributed by atoms with Crippen molar-refractivity contribution in [1.82, 2.24) is 4.98 Å². The molecule has 0 fully saturated rings. The summed E-state index contributed by atoms with van der Waals surface area (Å²) < 4.78 is 10.8. The molecule has 1 aliphatic rings. The minimum Gasteiger partial charge on any atom is -0.493 e. The molecule has 1 aromatic heterocycles. The van der Waals surface area contributed by atoms with E-state index in [-0.39, 0.29) is 11.6 Å². The molecule has 0 saturated carbocycles. The molecule has 1 aromatic carbocycles. The molecule has 3 N–H and O–H groups in total. The number of fused-ring (bicyclic) bond motifs is 2. The molecule has 0 radical (unpaired) electrons. The number of ether oxygens (including phenoxy) is 2. The summed E-state index contributed by atoms with van der Waals surface area (Å²) in [7, 11) is 0. The van der Waals surface area contributed by atoms with Crippen LogP contribution in [0.5, 0.6) is 17.4 Å². The maximum absolute atomic E-state index is 9.53. The second-order valence-electron chi connectivity index (χ2n) is 3.48. The maximum atomic E-state index is 9.53. The third kappa shape index (κ3) is 1.13. The van der Waals surface area contributed by atoms with Crippen molar-refractivity contribution in [2.45, 2.75) is 0 Å². The third-order valence-corrected chi connectivity index (χ3v) is 2.53. The number of aromatic amines is 1. The number of nitrogens with zero attached hydrogens (tertiary/aromatic N) is 1. The lowest BCUT2D eigenvalue weighted by atomic mass is 10.2. The van der Waals surface area contributed by atoms with Gasteiger partial charge >= 0.3 is 0 Å². The minimum atomic E-state index is -0.118. The van der Waals surface area contributed by atoms with Crippen molar-refractivity contribution in [3.8, 4) is 17.4 Å². The molecule has 6 nitrogen and oxygen atoms in total. The van der Waals surface area contributed by atoms with Gasteiger partial charge in [-0.2, -0.15) is 5.11 Å². The first kappa shape index (κ1) is 9.02. The van der Waals surface area contributed by atoms with Gasteiger partial charge in [-0.15, -0.1) is 0 Å². The second-order valence-corrected chi connectivity index (χ2v) is 3.48. The van der Waals surface area contributed by atoms with Gasteiger partial charge in [0.05, 0.1) is 5.52 Å². The fraction of sp³-hybridized carbons (Fsp3) is 0.200. The van der Waals surface area contributed by atoms with E-state index in [0.29, 0.717) is 35.6 Å². The highest BCUT2D eigenvalue weighted by Crippen LogP contribution is 2.41. The number of rotatable bonds is 1. The van der Waals surface area contributed by atoms with E-state index in [1.54, 1.807) is 12.1 Å². The molecule has 2 aromatic rings. The van der Waals surface area contributed by atoms with Crippen LogP contribution in [-0.4, -0.2) is 23.3 Å². The van der Waals surface area contributed by atoms with Gasteiger partial charge in [0, 0.05) is 11.5 Å². The molecule has 0 saturated heterocycles. The van der Waals surface area contributed by atoms with Crippen LogP contribution in [-0.2, 0) is 0 Å². The maximum Gasteiger partial charge on any atom is 0.218 e. The van der Waals surface area contributed by atoms with Gasteiger partial charge in [-0.3, -0.25) is 0 Å². The highest BCUT2D eigenvalue weighted by molar-refractivity contribution is 5.96. The molecule has 0 aliphatic carbocycles. The molecule has 0 amide bonds. The van der Waals surface area contributed by atoms with E-state index in [9.17, 15) is 5.11 Å². The second kappa shape index (κ2) is 3.13. The van der Waals surface area contributed by atoms with Crippen LogP contribution in [0.2, 0.25) is 0 Å². The molecule has 0 bridgehead atoms. The van der Waals surface area contributed by atoms with E-state index >= 15 is 0 Å². The molecular weight excluding hydrogens is 210 g/mol. The van der Waals surface area contributed by atoms with Crippen LogP contribution in [0.4, 0.5) is 5.69 Å². The highest BCUT2D eigenvalue weighted by Gasteiger charge is 2.17. The lowest BCUT2D eigenvalue weighted by Crippen LogP contribution is -2.15. The molecule has 0 unspecified atom stereocenters. The van der Waals surface area contributed by atoms with Crippen LogP contribution in [0.3, 0.4) is 0 Å². The normalized spacial score (nSPS) is 14.0. The summed E-state index contributed by atoms with van der Waals surface area (Å²) in [4.78, 5) is 2.73. The number of aromatic hydroxyl groups is 1. The van der Waals surface area contributed by atoms with Crippen molar-refractivity contribution in [2.75, 3.05) is 13.2 Å². The Labute approximate surface area is 90.3 Å². The van der Waals surface area contributed by atoms with Gasteiger partial charge in [-0.05, 0) is 6.07 Å². The number of nitrogens with one attached hydrogen (secondary N) is 2. The summed E-state index contributed by atoms with van der Waals surface area (Å²) >= 11 is 0. The van der Waals surface area contributed by atoms with Crippen LogP contribution in [0.25, 0.3) is 10.9 Å². The Kier molecular flexibility index (Phi) is 1.76. The topological polar surface area (TPSA) is 90.7 Å². The van der Waals surface area contributed by atoms with Crippen LogP contribution < -0.4 is 9.47 Å². The quantitative estimate of drug-likeness (QED) is 0.642. The SMILES string of the molecule is N=Nc1c(O)[nH]c2cc3c(cc12)OCCO3. The van der Waals surface area contributed by atoms with Crippen molar-refractivity contribution in [1.29, 1.82) is 5.53 Å². The van der Waals surface area contributed by atoms with Gasteiger partial charge in [0.2, 0.25) is 5.88 Å². The number of hydrogen-bond donors (Lipinski definition) is 3. The summed E-state index contributed by atoms with van der Waals surface area (Å²) in [5.41, 5.74) is 7.88. The first-order valence-corrected chi connectivity index (χ1v) is 4.81. The lowest BCUT2D eigenvalue weighted by molar-refractivity contribution is 0.172. The Hall–Kier alpha value is -2.24.